The van der Waals surface area contributed by atoms with Crippen molar-refractivity contribution in [2.24, 2.45) is 0 Å². The van der Waals surface area contributed by atoms with Gasteiger partial charge in [0, 0.05) is 31.3 Å². The number of anilines is 1. The van der Waals surface area contributed by atoms with Crippen LogP contribution in [-0.4, -0.2) is 24.9 Å². The number of amides is 2. The predicted molar refractivity (Wildman–Crippen MR) is 107 cm³/mol. The minimum atomic E-state index is -0.111. The molecule has 0 atom stereocenters. The lowest BCUT2D eigenvalue weighted by Gasteiger charge is -2.28. The second kappa shape index (κ2) is 8.25. The molecular weight excluding hydrogens is 340 g/mol. The maximum absolute atomic E-state index is 12.1. The molecule has 0 radical (unpaired) electrons. The van der Waals surface area contributed by atoms with Crippen LogP contribution in [0.2, 0.25) is 0 Å². The standard InChI is InChI=1S/C22H26N2O3/c1-15-14-20(12-13-21(15)22(26)23-3)27-19-10-8-18(9-11-19)24(16(2)25)17-6-4-5-7-17/h8-14,17H,4-7H2,1-3H3,(H,23,26). The average molecular weight is 366 g/mol. The van der Waals surface area contributed by atoms with Gasteiger partial charge in [-0.1, -0.05) is 12.8 Å². The highest BCUT2D eigenvalue weighted by Crippen LogP contribution is 2.31. The monoisotopic (exact) mass is 366 g/mol. The van der Waals surface area contributed by atoms with Crippen LogP contribution in [-0.2, 0) is 4.79 Å². The molecule has 2 amide bonds. The highest BCUT2D eigenvalue weighted by molar-refractivity contribution is 5.95. The van der Waals surface area contributed by atoms with E-state index in [-0.39, 0.29) is 11.8 Å². The van der Waals surface area contributed by atoms with Crippen molar-refractivity contribution >= 4 is 17.5 Å². The van der Waals surface area contributed by atoms with Crippen LogP contribution in [0.3, 0.4) is 0 Å². The summed E-state index contributed by atoms with van der Waals surface area (Å²) in [6, 6.07) is 13.3. The third-order valence-electron chi connectivity index (χ3n) is 5.05. The van der Waals surface area contributed by atoms with Gasteiger partial charge in [0.15, 0.2) is 0 Å². The first kappa shape index (κ1) is 19.0. The summed E-state index contributed by atoms with van der Waals surface area (Å²) < 4.78 is 5.91. The van der Waals surface area contributed by atoms with Crippen LogP contribution in [0, 0.1) is 6.92 Å². The van der Waals surface area contributed by atoms with E-state index in [0.717, 1.165) is 24.1 Å². The van der Waals surface area contributed by atoms with Crippen LogP contribution < -0.4 is 15.0 Å². The first-order chi connectivity index (χ1) is 13.0. The number of ether oxygens (including phenoxy) is 1. The van der Waals surface area contributed by atoms with Crippen LogP contribution in [0.25, 0.3) is 0 Å². The van der Waals surface area contributed by atoms with E-state index in [0.29, 0.717) is 23.1 Å². The van der Waals surface area contributed by atoms with Gasteiger partial charge in [0.25, 0.3) is 5.91 Å². The Labute approximate surface area is 160 Å². The number of nitrogens with one attached hydrogen (secondary N) is 1. The van der Waals surface area contributed by atoms with Crippen molar-refractivity contribution in [1.82, 2.24) is 5.32 Å². The molecular formula is C22H26N2O3. The average Bonchev–Trinajstić information content (AvgIpc) is 3.16. The number of aryl methyl sites for hydroxylation is 1. The predicted octanol–water partition coefficient (Wildman–Crippen LogP) is 4.44. The minimum Gasteiger partial charge on any atom is -0.457 e. The second-order valence-electron chi connectivity index (χ2n) is 6.98. The first-order valence-corrected chi connectivity index (χ1v) is 9.40. The molecule has 0 heterocycles. The van der Waals surface area contributed by atoms with E-state index in [2.05, 4.69) is 5.32 Å². The van der Waals surface area contributed by atoms with Gasteiger partial charge in [0.2, 0.25) is 5.91 Å². The molecule has 0 spiro atoms. The molecule has 1 aliphatic rings. The molecule has 5 nitrogen and oxygen atoms in total. The van der Waals surface area contributed by atoms with Crippen molar-refractivity contribution in [3.05, 3.63) is 53.6 Å². The van der Waals surface area contributed by atoms with Crippen LogP contribution in [0.15, 0.2) is 42.5 Å². The normalized spacial score (nSPS) is 14.0. The number of carbonyl (C=O) groups excluding carboxylic acids is 2. The van der Waals surface area contributed by atoms with Crippen molar-refractivity contribution in [2.45, 2.75) is 45.6 Å². The van der Waals surface area contributed by atoms with E-state index in [1.807, 2.05) is 42.2 Å². The second-order valence-corrected chi connectivity index (χ2v) is 6.98. The van der Waals surface area contributed by atoms with Gasteiger partial charge in [-0.25, -0.2) is 0 Å². The van der Waals surface area contributed by atoms with Crippen molar-refractivity contribution in [3.63, 3.8) is 0 Å². The maximum Gasteiger partial charge on any atom is 0.251 e. The molecule has 5 heteroatoms. The molecule has 142 valence electrons. The summed E-state index contributed by atoms with van der Waals surface area (Å²) in [4.78, 5) is 25.8. The number of hydrogen-bond donors (Lipinski definition) is 1. The Kier molecular flexibility index (Phi) is 5.79. The smallest absolute Gasteiger partial charge is 0.251 e. The lowest BCUT2D eigenvalue weighted by Crippen LogP contribution is -2.37. The molecule has 1 saturated carbocycles. The highest BCUT2D eigenvalue weighted by atomic mass is 16.5. The minimum absolute atomic E-state index is 0.0796. The molecule has 0 aliphatic heterocycles. The zero-order valence-corrected chi connectivity index (χ0v) is 16.1. The number of rotatable bonds is 5. The summed E-state index contributed by atoms with van der Waals surface area (Å²) in [5, 5.41) is 2.63. The van der Waals surface area contributed by atoms with Crippen LogP contribution >= 0.6 is 0 Å². The Morgan fingerprint density at radius 1 is 1.04 bits per heavy atom. The Hall–Kier alpha value is -2.82. The molecule has 0 unspecified atom stereocenters. The summed E-state index contributed by atoms with van der Waals surface area (Å²) in [7, 11) is 1.61. The van der Waals surface area contributed by atoms with Gasteiger partial charge >= 0.3 is 0 Å². The van der Waals surface area contributed by atoms with E-state index in [1.54, 1.807) is 26.1 Å². The molecule has 3 rings (SSSR count). The number of carbonyl (C=O) groups is 2. The third kappa shape index (κ3) is 4.30. The zero-order chi connectivity index (χ0) is 19.4. The highest BCUT2D eigenvalue weighted by Gasteiger charge is 2.25. The summed E-state index contributed by atoms with van der Waals surface area (Å²) in [6.07, 6.45) is 4.49. The zero-order valence-electron chi connectivity index (χ0n) is 16.1. The van der Waals surface area contributed by atoms with Gasteiger partial charge in [-0.3, -0.25) is 9.59 Å². The molecule has 0 bridgehead atoms. The Balaban J connectivity index is 1.74. The van der Waals surface area contributed by atoms with E-state index in [9.17, 15) is 9.59 Å². The molecule has 0 saturated heterocycles. The van der Waals surface area contributed by atoms with Gasteiger partial charge in [-0.2, -0.15) is 0 Å². The fraction of sp³-hybridized carbons (Fsp3) is 0.364. The quantitative estimate of drug-likeness (QED) is 0.851. The fourth-order valence-corrected chi connectivity index (χ4v) is 3.71. The molecule has 0 aromatic heterocycles. The fourth-order valence-electron chi connectivity index (χ4n) is 3.71. The summed E-state index contributed by atoms with van der Waals surface area (Å²) >= 11 is 0. The van der Waals surface area contributed by atoms with E-state index < -0.39 is 0 Å². The molecule has 27 heavy (non-hydrogen) atoms. The van der Waals surface area contributed by atoms with E-state index >= 15 is 0 Å². The lowest BCUT2D eigenvalue weighted by atomic mass is 10.1. The van der Waals surface area contributed by atoms with Crippen molar-refractivity contribution < 1.29 is 14.3 Å². The van der Waals surface area contributed by atoms with Crippen molar-refractivity contribution in [1.29, 1.82) is 0 Å². The first-order valence-electron chi connectivity index (χ1n) is 9.40. The Morgan fingerprint density at radius 3 is 2.22 bits per heavy atom. The van der Waals surface area contributed by atoms with Gasteiger partial charge < -0.3 is 15.0 Å². The van der Waals surface area contributed by atoms with Gasteiger partial charge in [-0.05, 0) is 67.8 Å². The molecule has 2 aromatic rings. The molecule has 1 N–H and O–H groups in total. The summed E-state index contributed by atoms with van der Waals surface area (Å²) in [5.41, 5.74) is 2.40. The largest absolute Gasteiger partial charge is 0.457 e. The number of nitrogens with zero attached hydrogens (tertiary/aromatic N) is 1. The van der Waals surface area contributed by atoms with Gasteiger partial charge in [-0.15, -0.1) is 0 Å². The number of benzene rings is 2. The maximum atomic E-state index is 12.1. The van der Waals surface area contributed by atoms with Crippen LogP contribution in [0.5, 0.6) is 11.5 Å². The number of hydrogen-bond acceptors (Lipinski definition) is 3. The van der Waals surface area contributed by atoms with Crippen molar-refractivity contribution in [3.8, 4) is 11.5 Å². The molecule has 2 aromatic carbocycles. The Bertz CT molecular complexity index is 824. The van der Waals surface area contributed by atoms with Crippen molar-refractivity contribution in [2.75, 3.05) is 11.9 Å². The third-order valence-corrected chi connectivity index (χ3v) is 5.05. The van der Waals surface area contributed by atoms with Crippen LogP contribution in [0.1, 0.15) is 48.5 Å². The SMILES string of the molecule is CNC(=O)c1ccc(Oc2ccc(N(C(C)=O)C3CCCC3)cc2)cc1C. The lowest BCUT2D eigenvalue weighted by molar-refractivity contribution is -0.117. The topological polar surface area (TPSA) is 58.6 Å². The van der Waals surface area contributed by atoms with E-state index in [4.69, 9.17) is 4.74 Å². The van der Waals surface area contributed by atoms with Gasteiger partial charge in [0.1, 0.15) is 11.5 Å². The molecule has 1 aliphatic carbocycles. The Morgan fingerprint density at radius 2 is 1.67 bits per heavy atom. The van der Waals surface area contributed by atoms with E-state index in [1.165, 1.54) is 12.8 Å². The summed E-state index contributed by atoms with van der Waals surface area (Å²) in [6.45, 7) is 3.51. The summed E-state index contributed by atoms with van der Waals surface area (Å²) in [5.74, 6) is 1.34. The van der Waals surface area contributed by atoms with Crippen LogP contribution in [0.4, 0.5) is 5.69 Å². The van der Waals surface area contributed by atoms with Gasteiger partial charge in [0.05, 0.1) is 0 Å². The molecule has 1 fully saturated rings.